The first-order chi connectivity index (χ1) is 18.9. The van der Waals surface area contributed by atoms with Crippen molar-refractivity contribution in [2.75, 3.05) is 5.32 Å². The molecule has 39 heavy (non-hydrogen) atoms. The Hall–Kier alpha value is -4.99. The molecule has 1 saturated heterocycles. The van der Waals surface area contributed by atoms with Gasteiger partial charge in [0.15, 0.2) is 12.1 Å². The van der Waals surface area contributed by atoms with E-state index >= 15 is 0 Å². The zero-order chi connectivity index (χ0) is 27.4. The highest BCUT2D eigenvalue weighted by atomic mass is 19.1. The van der Waals surface area contributed by atoms with E-state index < -0.39 is 41.7 Å². The highest BCUT2D eigenvalue weighted by Crippen LogP contribution is 2.34. The largest absolute Gasteiger partial charge is 0.467 e. The first-order valence-electron chi connectivity index (χ1n) is 12.1. The maximum absolute atomic E-state index is 13.4. The molecule has 8 nitrogen and oxygen atoms in total. The van der Waals surface area contributed by atoms with Gasteiger partial charge >= 0.3 is 6.09 Å². The smallest absolute Gasteiger partial charge is 0.411 e. The Labute approximate surface area is 222 Å². The maximum atomic E-state index is 13.4. The van der Waals surface area contributed by atoms with Crippen molar-refractivity contribution in [1.29, 1.82) is 0 Å². The molecule has 1 fully saturated rings. The van der Waals surface area contributed by atoms with E-state index in [0.29, 0.717) is 22.6 Å². The van der Waals surface area contributed by atoms with Crippen LogP contribution in [0.2, 0.25) is 0 Å². The maximum Gasteiger partial charge on any atom is 0.411 e. The molecule has 2 heterocycles. The van der Waals surface area contributed by atoms with Crippen molar-refractivity contribution in [3.63, 3.8) is 0 Å². The second kappa shape index (κ2) is 11.2. The molecule has 2 N–H and O–H groups in total. The van der Waals surface area contributed by atoms with Crippen molar-refractivity contribution < 1.29 is 32.3 Å². The lowest BCUT2D eigenvalue weighted by Gasteiger charge is -2.24. The predicted octanol–water partition coefficient (Wildman–Crippen LogP) is 5.19. The van der Waals surface area contributed by atoms with Crippen LogP contribution in [-0.2, 0) is 22.6 Å². The Morgan fingerprint density at radius 3 is 2.18 bits per heavy atom. The molecule has 0 radical (unpaired) electrons. The molecule has 4 aromatic rings. The summed E-state index contributed by atoms with van der Waals surface area (Å²) in [5.41, 5.74) is 1.90. The number of hydrogen-bond donors (Lipinski definition) is 2. The molecule has 3 aromatic carbocycles. The quantitative estimate of drug-likeness (QED) is 0.326. The fourth-order valence-electron chi connectivity index (χ4n) is 4.25. The van der Waals surface area contributed by atoms with Gasteiger partial charge in [-0.2, -0.15) is 0 Å². The van der Waals surface area contributed by atoms with Gasteiger partial charge in [0, 0.05) is 11.3 Å². The number of carbonyl (C=O) groups excluding carboxylic acids is 3. The van der Waals surface area contributed by atoms with E-state index in [0.717, 1.165) is 0 Å². The third-order valence-corrected chi connectivity index (χ3v) is 6.24. The molecule has 1 aliphatic rings. The van der Waals surface area contributed by atoms with Gasteiger partial charge in [-0.05, 0) is 71.8 Å². The summed E-state index contributed by atoms with van der Waals surface area (Å²) in [6, 6.07) is 19.7. The lowest BCUT2D eigenvalue weighted by Crippen LogP contribution is -2.46. The minimum atomic E-state index is -1.03. The van der Waals surface area contributed by atoms with E-state index in [-0.39, 0.29) is 18.7 Å². The van der Waals surface area contributed by atoms with Crippen molar-refractivity contribution in [2.45, 2.75) is 25.2 Å². The minimum absolute atomic E-state index is 0.0280. The molecule has 0 aliphatic carbocycles. The SMILES string of the molecule is O=C(Nc1ccc([C@H]2OC(=O)N(Cc3ccc(F)cc3)[C@H]2C(=O)NCc2ccco2)cc1)c1ccc(F)cc1. The summed E-state index contributed by atoms with van der Waals surface area (Å²) in [7, 11) is 0. The van der Waals surface area contributed by atoms with Crippen LogP contribution in [0.5, 0.6) is 0 Å². The summed E-state index contributed by atoms with van der Waals surface area (Å²) in [5, 5.41) is 5.50. The Morgan fingerprint density at radius 1 is 0.872 bits per heavy atom. The molecular weight excluding hydrogens is 508 g/mol. The van der Waals surface area contributed by atoms with E-state index in [1.54, 1.807) is 36.4 Å². The Kier molecular flexibility index (Phi) is 7.35. The fraction of sp³-hybridized carbons (Fsp3) is 0.138. The van der Waals surface area contributed by atoms with Gasteiger partial charge < -0.3 is 19.8 Å². The second-order valence-corrected chi connectivity index (χ2v) is 8.88. The summed E-state index contributed by atoms with van der Waals surface area (Å²) >= 11 is 0. The van der Waals surface area contributed by atoms with Crippen LogP contribution < -0.4 is 10.6 Å². The van der Waals surface area contributed by atoms with Gasteiger partial charge in [-0.1, -0.05) is 24.3 Å². The van der Waals surface area contributed by atoms with Crippen LogP contribution in [0.3, 0.4) is 0 Å². The summed E-state index contributed by atoms with van der Waals surface area (Å²) in [6.07, 6.45) is -0.156. The minimum Gasteiger partial charge on any atom is -0.467 e. The molecule has 0 saturated carbocycles. The Bertz CT molecular complexity index is 1460. The van der Waals surface area contributed by atoms with Gasteiger partial charge in [0.1, 0.15) is 17.4 Å². The number of furan rings is 1. The van der Waals surface area contributed by atoms with Crippen LogP contribution in [0.1, 0.15) is 33.3 Å². The van der Waals surface area contributed by atoms with Gasteiger partial charge in [-0.25, -0.2) is 13.6 Å². The molecule has 0 unspecified atom stereocenters. The zero-order valence-corrected chi connectivity index (χ0v) is 20.5. The first-order valence-corrected chi connectivity index (χ1v) is 12.1. The molecule has 3 amide bonds. The van der Waals surface area contributed by atoms with E-state index in [2.05, 4.69) is 10.6 Å². The van der Waals surface area contributed by atoms with E-state index in [9.17, 15) is 23.2 Å². The van der Waals surface area contributed by atoms with Gasteiger partial charge in [-0.15, -0.1) is 0 Å². The summed E-state index contributed by atoms with van der Waals surface area (Å²) < 4.78 is 37.5. The van der Waals surface area contributed by atoms with Gasteiger partial charge in [0.2, 0.25) is 5.91 Å². The molecule has 5 rings (SSSR count). The fourth-order valence-corrected chi connectivity index (χ4v) is 4.25. The summed E-state index contributed by atoms with van der Waals surface area (Å²) in [5.74, 6) is -1.21. The predicted molar refractivity (Wildman–Crippen MR) is 136 cm³/mol. The highest BCUT2D eigenvalue weighted by molar-refractivity contribution is 6.04. The normalized spacial score (nSPS) is 16.6. The average Bonchev–Trinajstić information content (AvgIpc) is 3.57. The van der Waals surface area contributed by atoms with Crippen molar-refractivity contribution in [2.24, 2.45) is 0 Å². The van der Waals surface area contributed by atoms with Gasteiger partial charge in [0.05, 0.1) is 19.4 Å². The van der Waals surface area contributed by atoms with Crippen LogP contribution >= 0.6 is 0 Å². The molecule has 0 bridgehead atoms. The van der Waals surface area contributed by atoms with Crippen LogP contribution in [0.25, 0.3) is 0 Å². The molecule has 1 aliphatic heterocycles. The Balaban J connectivity index is 1.35. The topological polar surface area (TPSA) is 101 Å². The Morgan fingerprint density at radius 2 is 1.54 bits per heavy atom. The second-order valence-electron chi connectivity index (χ2n) is 8.88. The number of halogens is 2. The number of anilines is 1. The standard InChI is InChI=1S/C29H23F2N3O5/c30-21-9-3-18(4-10-21)17-34-25(28(36)32-16-24-2-1-15-38-24)26(39-29(34)37)19-7-13-23(14-8-19)33-27(35)20-5-11-22(31)12-6-20/h1-15,25-26H,16-17H2,(H,32,36)(H,33,35)/t25-,26-/m1/s1. The third kappa shape index (κ3) is 5.96. The summed E-state index contributed by atoms with van der Waals surface area (Å²) in [6.45, 7) is 0.141. The zero-order valence-electron chi connectivity index (χ0n) is 20.5. The molecule has 0 spiro atoms. The molecular formula is C29H23F2N3O5. The average molecular weight is 532 g/mol. The van der Waals surface area contributed by atoms with E-state index in [1.165, 1.54) is 59.7 Å². The molecule has 2 atom stereocenters. The van der Waals surface area contributed by atoms with Crippen molar-refractivity contribution >= 4 is 23.6 Å². The molecule has 10 heteroatoms. The van der Waals surface area contributed by atoms with Crippen LogP contribution in [0, 0.1) is 11.6 Å². The lowest BCUT2D eigenvalue weighted by atomic mass is 10.00. The van der Waals surface area contributed by atoms with Gasteiger partial charge in [-0.3, -0.25) is 14.5 Å². The van der Waals surface area contributed by atoms with E-state index in [1.807, 2.05) is 0 Å². The third-order valence-electron chi connectivity index (χ3n) is 6.24. The van der Waals surface area contributed by atoms with Crippen LogP contribution in [0.4, 0.5) is 19.3 Å². The summed E-state index contributed by atoms with van der Waals surface area (Å²) in [4.78, 5) is 40.0. The molecule has 1 aromatic heterocycles. The van der Waals surface area contributed by atoms with Crippen LogP contribution in [0.15, 0.2) is 95.6 Å². The number of nitrogens with zero attached hydrogens (tertiary/aromatic N) is 1. The number of amides is 3. The van der Waals surface area contributed by atoms with Crippen molar-refractivity contribution in [3.05, 3.63) is 125 Å². The van der Waals surface area contributed by atoms with Crippen LogP contribution in [-0.4, -0.2) is 28.8 Å². The number of rotatable bonds is 8. The van der Waals surface area contributed by atoms with E-state index in [4.69, 9.17) is 9.15 Å². The number of cyclic esters (lactones) is 1. The number of carbonyl (C=O) groups is 3. The highest BCUT2D eigenvalue weighted by Gasteiger charge is 2.47. The van der Waals surface area contributed by atoms with Gasteiger partial charge in [0.25, 0.3) is 5.91 Å². The number of nitrogens with one attached hydrogen (secondary N) is 2. The number of hydrogen-bond acceptors (Lipinski definition) is 5. The first kappa shape index (κ1) is 25.7. The lowest BCUT2D eigenvalue weighted by molar-refractivity contribution is -0.126. The monoisotopic (exact) mass is 531 g/mol. The van der Waals surface area contributed by atoms with Crippen molar-refractivity contribution in [1.82, 2.24) is 10.2 Å². The molecule has 198 valence electrons. The number of ether oxygens (including phenoxy) is 1. The van der Waals surface area contributed by atoms with Crippen molar-refractivity contribution in [3.8, 4) is 0 Å². The number of benzene rings is 3.